The van der Waals surface area contributed by atoms with E-state index in [4.69, 9.17) is 23.7 Å². The van der Waals surface area contributed by atoms with Crippen LogP contribution in [0, 0.1) is 5.92 Å². The Morgan fingerprint density at radius 2 is 1.82 bits per heavy atom. The average molecular weight is 541 g/mol. The van der Waals surface area contributed by atoms with Gasteiger partial charge >= 0.3 is 11.9 Å². The molecule has 13 heteroatoms. The van der Waals surface area contributed by atoms with E-state index < -0.39 is 61.5 Å². The molecule has 0 amide bonds. The van der Waals surface area contributed by atoms with Gasteiger partial charge in [0.1, 0.15) is 24.4 Å². The zero-order chi connectivity index (χ0) is 28.0. The van der Waals surface area contributed by atoms with Gasteiger partial charge in [-0.15, -0.1) is 0 Å². The van der Waals surface area contributed by atoms with Crippen LogP contribution in [0.4, 0.5) is 0 Å². The lowest BCUT2D eigenvalue weighted by Crippen LogP contribution is -2.60. The molecule has 38 heavy (non-hydrogen) atoms. The molecule has 0 radical (unpaired) electrons. The number of phenols is 2. The third kappa shape index (κ3) is 6.62. The summed E-state index contributed by atoms with van der Waals surface area (Å²) in [6.45, 7) is 0.912. The van der Waals surface area contributed by atoms with E-state index >= 15 is 0 Å². The lowest BCUT2D eigenvalue weighted by molar-refractivity contribution is -0.327. The molecular weight excluding hydrogens is 508 g/mol. The number of allylic oxidation sites excluding steroid dienone is 1. The first kappa shape index (κ1) is 29.4. The van der Waals surface area contributed by atoms with Crippen molar-refractivity contribution < 1.29 is 63.9 Å². The second-order valence-corrected chi connectivity index (χ2v) is 8.71. The Bertz CT molecular complexity index is 1050. The molecule has 13 nitrogen and oxygen atoms in total. The molecule has 7 atom stereocenters. The van der Waals surface area contributed by atoms with E-state index in [1.807, 2.05) is 0 Å². The summed E-state index contributed by atoms with van der Waals surface area (Å²) in [5, 5.41) is 58.8. The average Bonchev–Trinajstić information content (AvgIpc) is 2.90. The van der Waals surface area contributed by atoms with Gasteiger partial charge in [0.2, 0.25) is 6.29 Å². The minimum Gasteiger partial charge on any atom is -0.504 e. The lowest BCUT2D eigenvalue weighted by Gasteiger charge is -2.41. The molecule has 0 aromatic heterocycles. The highest BCUT2D eigenvalue weighted by molar-refractivity contribution is 5.90. The predicted octanol–water partition coefficient (Wildman–Crippen LogP) is -0.634. The molecule has 0 saturated carbocycles. The largest absolute Gasteiger partial charge is 0.504 e. The molecule has 1 aromatic carbocycles. The highest BCUT2D eigenvalue weighted by Crippen LogP contribution is 2.36. The number of carbonyl (C=O) groups excluding carboxylic acids is 2. The fraction of sp³-hybridized carbons (Fsp3) is 0.520. The zero-order valence-electron chi connectivity index (χ0n) is 20.8. The minimum absolute atomic E-state index is 0.00894. The summed E-state index contributed by atoms with van der Waals surface area (Å²) in [6, 6.07) is 4.23. The number of aromatic hydroxyl groups is 2. The van der Waals surface area contributed by atoms with Gasteiger partial charge in [0.25, 0.3) is 0 Å². The lowest BCUT2D eigenvalue weighted by atomic mass is 9.86. The van der Waals surface area contributed by atoms with Crippen LogP contribution in [0.5, 0.6) is 11.5 Å². The molecule has 2 heterocycles. The van der Waals surface area contributed by atoms with Crippen LogP contribution in [-0.4, -0.2) is 99.9 Å². The number of aliphatic hydroxyl groups excluding tert-OH is 4. The van der Waals surface area contributed by atoms with Crippen molar-refractivity contribution in [3.8, 4) is 11.5 Å². The van der Waals surface area contributed by atoms with E-state index in [0.717, 1.165) is 13.4 Å². The summed E-state index contributed by atoms with van der Waals surface area (Å²) in [4.78, 5) is 25.1. The molecule has 0 spiro atoms. The van der Waals surface area contributed by atoms with E-state index in [1.54, 1.807) is 19.1 Å². The van der Waals surface area contributed by atoms with Crippen molar-refractivity contribution in [2.75, 3.05) is 20.3 Å². The number of esters is 2. The number of benzene rings is 1. The normalized spacial score (nSPS) is 30.3. The summed E-state index contributed by atoms with van der Waals surface area (Å²) < 4.78 is 26.7. The summed E-state index contributed by atoms with van der Waals surface area (Å²) in [7, 11) is 1.16. The first-order chi connectivity index (χ1) is 18.1. The van der Waals surface area contributed by atoms with Crippen LogP contribution < -0.4 is 0 Å². The molecule has 6 N–H and O–H groups in total. The third-order valence-electron chi connectivity index (χ3n) is 6.29. The molecule has 2 aliphatic heterocycles. The fourth-order valence-corrected chi connectivity index (χ4v) is 4.16. The smallest absolute Gasteiger partial charge is 0.337 e. The number of hydrogen-bond donors (Lipinski definition) is 6. The topological polar surface area (TPSA) is 202 Å². The van der Waals surface area contributed by atoms with Crippen molar-refractivity contribution >= 4 is 11.9 Å². The minimum atomic E-state index is -1.69. The van der Waals surface area contributed by atoms with Gasteiger partial charge in [-0.3, -0.25) is 4.79 Å². The number of methoxy groups -OCH3 is 1. The van der Waals surface area contributed by atoms with Crippen molar-refractivity contribution in [1.29, 1.82) is 0 Å². The van der Waals surface area contributed by atoms with Crippen molar-refractivity contribution in [3.63, 3.8) is 0 Å². The van der Waals surface area contributed by atoms with Gasteiger partial charge in [-0.05, 0) is 24.6 Å². The molecule has 3 rings (SSSR count). The zero-order valence-corrected chi connectivity index (χ0v) is 20.8. The van der Waals surface area contributed by atoms with Gasteiger partial charge in [0.15, 0.2) is 17.8 Å². The van der Waals surface area contributed by atoms with Gasteiger partial charge in [0.05, 0.1) is 38.6 Å². The second-order valence-electron chi connectivity index (χ2n) is 8.71. The molecule has 1 saturated heterocycles. The summed E-state index contributed by atoms with van der Waals surface area (Å²) in [6.07, 6.45) is -6.39. The maximum absolute atomic E-state index is 12.7. The molecule has 2 aliphatic rings. The highest BCUT2D eigenvalue weighted by atomic mass is 16.8. The van der Waals surface area contributed by atoms with Crippen molar-refractivity contribution in [1.82, 2.24) is 0 Å². The number of hydrogen-bond acceptors (Lipinski definition) is 13. The molecule has 1 aromatic rings. The van der Waals surface area contributed by atoms with Gasteiger partial charge in [-0.2, -0.15) is 0 Å². The van der Waals surface area contributed by atoms with Crippen LogP contribution in [0.1, 0.15) is 18.9 Å². The van der Waals surface area contributed by atoms with E-state index in [1.165, 1.54) is 12.1 Å². The summed E-state index contributed by atoms with van der Waals surface area (Å²) >= 11 is 0. The SMILES string of the molecule is CC=C1[C@H](O[C@H]2O[C@H](CO)[C@@H](O)[C@H](O)[C@H]2O)OC=C(C(=O)OC)[C@H]1CC(=O)OCCc1ccc(O)c(O)c1. The van der Waals surface area contributed by atoms with Crippen LogP contribution in [0.3, 0.4) is 0 Å². The Balaban J connectivity index is 1.71. The monoisotopic (exact) mass is 540 g/mol. The van der Waals surface area contributed by atoms with Gasteiger partial charge < -0.3 is 54.3 Å². The second kappa shape index (κ2) is 13.0. The number of phenolic OH excluding ortho intramolecular Hbond substituents is 2. The van der Waals surface area contributed by atoms with Crippen molar-refractivity contribution in [2.45, 2.75) is 56.8 Å². The van der Waals surface area contributed by atoms with Crippen LogP contribution >= 0.6 is 0 Å². The third-order valence-corrected chi connectivity index (χ3v) is 6.29. The molecular formula is C25H32O13. The number of aliphatic hydroxyl groups is 4. The number of ether oxygens (including phenoxy) is 5. The first-order valence-corrected chi connectivity index (χ1v) is 11.8. The quantitative estimate of drug-likeness (QED) is 0.131. The van der Waals surface area contributed by atoms with Gasteiger partial charge in [-0.25, -0.2) is 4.79 Å². The first-order valence-electron chi connectivity index (χ1n) is 11.8. The van der Waals surface area contributed by atoms with Gasteiger partial charge in [0, 0.05) is 17.9 Å². The van der Waals surface area contributed by atoms with Crippen LogP contribution in [0.25, 0.3) is 0 Å². The van der Waals surface area contributed by atoms with Crippen LogP contribution in [0.2, 0.25) is 0 Å². The number of carbonyl (C=O) groups is 2. The highest BCUT2D eigenvalue weighted by Gasteiger charge is 2.46. The summed E-state index contributed by atoms with van der Waals surface area (Å²) in [5.41, 5.74) is 0.927. The maximum Gasteiger partial charge on any atom is 0.337 e. The van der Waals surface area contributed by atoms with Crippen LogP contribution in [-0.2, 0) is 39.7 Å². The Morgan fingerprint density at radius 3 is 2.45 bits per heavy atom. The van der Waals surface area contributed by atoms with Crippen molar-refractivity contribution in [3.05, 3.63) is 47.2 Å². The fourth-order valence-electron chi connectivity index (χ4n) is 4.16. The van der Waals surface area contributed by atoms with E-state index in [9.17, 15) is 40.2 Å². The van der Waals surface area contributed by atoms with E-state index in [-0.39, 0.29) is 36.5 Å². The molecule has 0 unspecified atom stereocenters. The Morgan fingerprint density at radius 1 is 1.08 bits per heavy atom. The molecule has 0 aliphatic carbocycles. The number of rotatable bonds is 9. The maximum atomic E-state index is 12.7. The Kier molecular flexibility index (Phi) is 10.1. The Labute approximate surface area is 218 Å². The predicted molar refractivity (Wildman–Crippen MR) is 126 cm³/mol. The molecule has 210 valence electrons. The summed E-state index contributed by atoms with van der Waals surface area (Å²) in [5.74, 6) is -2.89. The van der Waals surface area contributed by atoms with Crippen LogP contribution in [0.15, 0.2) is 41.7 Å². The molecule has 1 fully saturated rings. The van der Waals surface area contributed by atoms with Gasteiger partial charge in [-0.1, -0.05) is 12.1 Å². The van der Waals surface area contributed by atoms with E-state index in [0.29, 0.717) is 11.1 Å². The Hall–Kier alpha value is -3.20. The van der Waals surface area contributed by atoms with E-state index in [2.05, 4.69) is 0 Å². The molecule has 0 bridgehead atoms. The standard InChI is InChI=1S/C25H32O13/c1-3-13-14(9-19(29)35-7-6-12-4-5-16(27)17(28)8-12)15(23(33)34-2)11-36-24(13)38-25-22(32)21(31)20(30)18(10-26)37-25/h3-5,8,11,14,18,20-22,24-28,30-32H,6-7,9-10H2,1-2H3/t14-,18+,20+,21-,22+,24-,25+/m0/s1. The van der Waals surface area contributed by atoms with Crippen molar-refractivity contribution in [2.24, 2.45) is 5.92 Å².